The van der Waals surface area contributed by atoms with E-state index in [1.54, 1.807) is 0 Å². The molecule has 1 atom stereocenters. The van der Waals surface area contributed by atoms with Crippen molar-refractivity contribution < 1.29 is 0 Å². The second-order valence-corrected chi connectivity index (χ2v) is 21.0. The molecule has 11 aromatic rings. The molecule has 0 radical (unpaired) electrons. The van der Waals surface area contributed by atoms with Crippen LogP contribution < -0.4 is 9.80 Å². The third kappa shape index (κ3) is 7.31. The molecule has 4 aliphatic rings. The summed E-state index contributed by atoms with van der Waals surface area (Å²) in [4.78, 5) is 5.04. The smallest absolute Gasteiger partial charge is 0.0728 e. The minimum absolute atomic E-state index is 0.732. The Labute approximate surface area is 468 Å². The van der Waals surface area contributed by atoms with Gasteiger partial charge in [0.05, 0.1) is 27.7 Å². The summed E-state index contributed by atoms with van der Waals surface area (Å²) in [6.07, 6.45) is 34.0. The summed E-state index contributed by atoms with van der Waals surface area (Å²) in [7, 11) is 0. The Kier molecular flexibility index (Phi) is 11.9. The van der Waals surface area contributed by atoms with Crippen molar-refractivity contribution in [2.24, 2.45) is 0 Å². The first-order chi connectivity index (χ1) is 39.6. The van der Waals surface area contributed by atoms with Gasteiger partial charge in [0.25, 0.3) is 0 Å². The Balaban J connectivity index is 0.00000285. The lowest BCUT2D eigenvalue weighted by Gasteiger charge is -2.34. The van der Waals surface area contributed by atoms with E-state index >= 15 is 0 Å². The van der Waals surface area contributed by atoms with Crippen molar-refractivity contribution in [2.75, 3.05) is 22.9 Å². The molecule has 15 rings (SSSR count). The van der Waals surface area contributed by atoms with E-state index in [0.717, 1.165) is 59.9 Å². The van der Waals surface area contributed by atoms with Crippen LogP contribution in [0.15, 0.2) is 255 Å². The molecule has 1 spiro atoms. The van der Waals surface area contributed by atoms with Gasteiger partial charge in [0.2, 0.25) is 0 Å². The normalized spacial score (nSPS) is 17.3. The van der Waals surface area contributed by atoms with Crippen molar-refractivity contribution in [1.82, 2.24) is 9.13 Å². The number of hydrogen-bond acceptors (Lipinski definition) is 2. The van der Waals surface area contributed by atoms with E-state index in [0.29, 0.717) is 0 Å². The molecule has 4 heteroatoms. The zero-order valence-electron chi connectivity index (χ0n) is 44.8. The predicted molar refractivity (Wildman–Crippen MR) is 339 cm³/mol. The van der Waals surface area contributed by atoms with Crippen LogP contribution in [0, 0.1) is 12.8 Å². The molecule has 382 valence electrons. The fraction of sp³-hybridized carbons (Fsp3) is 0.0789. The summed E-state index contributed by atoms with van der Waals surface area (Å²) in [5.74, 6) is 0. The molecule has 9 aromatic carbocycles. The molecule has 1 unspecified atom stereocenters. The van der Waals surface area contributed by atoms with Gasteiger partial charge in [0.1, 0.15) is 0 Å². The van der Waals surface area contributed by atoms with E-state index < -0.39 is 5.41 Å². The average molecular weight is 1030 g/mol. The van der Waals surface area contributed by atoms with Gasteiger partial charge in [0.15, 0.2) is 0 Å². The van der Waals surface area contributed by atoms with Crippen molar-refractivity contribution in [3.8, 4) is 46.5 Å². The molecule has 2 aliphatic carbocycles. The third-order valence-corrected chi connectivity index (χ3v) is 17.0. The Hall–Kier alpha value is -10.1. The number of aromatic nitrogens is 2. The maximum absolute atomic E-state index is 4.46. The van der Waals surface area contributed by atoms with E-state index in [2.05, 4.69) is 300 Å². The molecule has 2 aliphatic heterocycles. The lowest BCUT2D eigenvalue weighted by molar-refractivity contribution is 0.790. The van der Waals surface area contributed by atoms with E-state index in [1.165, 1.54) is 99.8 Å². The first-order valence-electron chi connectivity index (χ1n) is 27.8. The summed E-state index contributed by atoms with van der Waals surface area (Å²) in [6.45, 7) is 8.02. The van der Waals surface area contributed by atoms with Gasteiger partial charge in [-0.3, -0.25) is 0 Å². The van der Waals surface area contributed by atoms with Crippen LogP contribution >= 0.6 is 0 Å². The van der Waals surface area contributed by atoms with Crippen molar-refractivity contribution in [3.05, 3.63) is 300 Å². The van der Waals surface area contributed by atoms with Gasteiger partial charge >= 0.3 is 0 Å². The molecule has 80 heavy (non-hydrogen) atoms. The number of allylic oxidation sites excluding steroid dienone is 7. The molecule has 2 aromatic heterocycles. The van der Waals surface area contributed by atoms with Crippen LogP contribution in [-0.2, 0) is 18.3 Å². The number of terminal acetylenes is 1. The molecule has 0 bridgehead atoms. The fourth-order valence-corrected chi connectivity index (χ4v) is 13.7. The van der Waals surface area contributed by atoms with Crippen LogP contribution in [-0.4, -0.2) is 22.2 Å². The quantitative estimate of drug-likeness (QED) is 0.154. The van der Waals surface area contributed by atoms with Crippen molar-refractivity contribution in [3.63, 3.8) is 0 Å². The molecule has 0 amide bonds. The van der Waals surface area contributed by atoms with Crippen LogP contribution in [0.4, 0.5) is 22.7 Å². The van der Waals surface area contributed by atoms with E-state index in [1.807, 2.05) is 6.08 Å². The van der Waals surface area contributed by atoms with Gasteiger partial charge in [-0.25, -0.2) is 0 Å². The highest BCUT2D eigenvalue weighted by Gasteiger charge is 2.53. The van der Waals surface area contributed by atoms with Crippen LogP contribution in [0.2, 0.25) is 0 Å². The van der Waals surface area contributed by atoms with Gasteiger partial charge in [-0.05, 0) is 160 Å². The molecule has 0 saturated heterocycles. The second kappa shape index (κ2) is 19.7. The van der Waals surface area contributed by atoms with Gasteiger partial charge < -0.3 is 18.9 Å². The minimum atomic E-state index is -0.761. The summed E-state index contributed by atoms with van der Waals surface area (Å²) < 4.78 is 4.92. The number of anilines is 4. The number of benzene rings is 9. The number of fused-ring (bicyclic) bond motifs is 16. The van der Waals surface area contributed by atoms with Gasteiger partial charge in [-0.15, -0.1) is 12.8 Å². The van der Waals surface area contributed by atoms with Crippen LogP contribution in [0.1, 0.15) is 51.6 Å². The van der Waals surface area contributed by atoms with E-state index in [9.17, 15) is 0 Å². The summed E-state index contributed by atoms with van der Waals surface area (Å²) in [5.41, 5.74) is 24.8. The molecule has 0 fully saturated rings. The summed E-state index contributed by atoms with van der Waals surface area (Å²) in [5, 5.41) is 3.70. The largest absolute Gasteiger partial charge is 0.337 e. The average Bonchev–Trinajstić information content (AvgIpc) is 2.52. The van der Waals surface area contributed by atoms with Crippen LogP contribution in [0.5, 0.6) is 0 Å². The Morgan fingerprint density at radius 1 is 0.425 bits per heavy atom. The first kappa shape index (κ1) is 48.3. The molecule has 4 heterocycles. The Morgan fingerprint density at radius 2 is 0.812 bits per heavy atom. The maximum Gasteiger partial charge on any atom is 0.0728 e. The number of para-hydroxylation sites is 5. The Bertz CT molecular complexity index is 4360. The SMILES string of the molecule is C#C.C=Cc1c(/C=C\C)c2ccccc2n1-c1ccc2c(c1)C1(c3cc(N4C/C=C\C=C/Cc5ccccc54)ccc3-2)c2cc(N3C/C=C\C=C/Cc4ccccc43)ccc2-c2ccc(-n3c4ccccc4c4ccccc43)cc21. The summed E-state index contributed by atoms with van der Waals surface area (Å²) >= 11 is 0. The van der Waals surface area contributed by atoms with Crippen molar-refractivity contribution in [1.29, 1.82) is 0 Å². The predicted octanol–water partition coefficient (Wildman–Crippen LogP) is 18.6. The lowest BCUT2D eigenvalue weighted by Crippen LogP contribution is -2.28. The third-order valence-electron chi connectivity index (χ3n) is 17.0. The highest BCUT2D eigenvalue weighted by atomic mass is 15.1. The molecular weight excluding hydrogens is 969 g/mol. The fourth-order valence-electron chi connectivity index (χ4n) is 13.7. The van der Waals surface area contributed by atoms with Crippen LogP contribution in [0.3, 0.4) is 0 Å². The topological polar surface area (TPSA) is 16.3 Å². The maximum atomic E-state index is 4.46. The highest BCUT2D eigenvalue weighted by Crippen LogP contribution is 2.64. The zero-order valence-corrected chi connectivity index (χ0v) is 44.8. The summed E-state index contributed by atoms with van der Waals surface area (Å²) in [6, 6.07) is 73.7. The van der Waals surface area contributed by atoms with Crippen molar-refractivity contribution in [2.45, 2.75) is 25.2 Å². The van der Waals surface area contributed by atoms with E-state index in [4.69, 9.17) is 0 Å². The van der Waals surface area contributed by atoms with Crippen molar-refractivity contribution >= 4 is 67.6 Å². The van der Waals surface area contributed by atoms with Gasteiger partial charge in [-0.1, -0.05) is 183 Å². The Morgan fingerprint density at radius 3 is 1.29 bits per heavy atom. The number of rotatable bonds is 6. The van der Waals surface area contributed by atoms with Gasteiger partial charge in [-0.2, -0.15) is 0 Å². The second-order valence-electron chi connectivity index (χ2n) is 21.0. The molecular formula is C76H58N4. The zero-order chi connectivity index (χ0) is 53.9. The standard InChI is InChI=1S/C74H56N4.C2H2/c1-3-23-60-61-28-13-18-33-71(61)77(68(60)4-2)54-38-42-58-56-40-36-52(75-44-21-7-5-9-24-50-26-11-16-31-69(50)75)46-64(56)74(66(58)48-54)65-47-53(76-45-22-8-6-10-25-51-27-12-17-32-70(51)76)37-41-57(65)59-43-39-55(49-67(59)74)78-72-34-19-14-29-62(72)63-30-15-20-35-73(63)78;1-2/h3-23,26-43,46-49H,2,24-25,44-45H2,1H3;1-2H/b9-5-,10-6-,21-7-,22-8-,23-3-;. The molecule has 0 N–H and O–H groups in total. The van der Waals surface area contributed by atoms with Gasteiger partial charge in [0, 0.05) is 68.9 Å². The number of nitrogens with zero attached hydrogens (tertiary/aromatic N) is 4. The highest BCUT2D eigenvalue weighted by molar-refractivity contribution is 6.09. The lowest BCUT2D eigenvalue weighted by atomic mass is 9.70. The molecule has 4 nitrogen and oxygen atoms in total. The number of hydrogen-bond donors (Lipinski definition) is 0. The monoisotopic (exact) mass is 1030 g/mol. The van der Waals surface area contributed by atoms with E-state index in [-0.39, 0.29) is 0 Å². The molecule has 0 saturated carbocycles. The minimum Gasteiger partial charge on any atom is -0.337 e. The first-order valence-corrected chi connectivity index (χ1v) is 27.8. The van der Waals surface area contributed by atoms with Crippen LogP contribution in [0.25, 0.3) is 78.5 Å².